The van der Waals surface area contributed by atoms with Crippen LogP contribution >= 0.6 is 0 Å². The molecule has 1 aromatic rings. The predicted molar refractivity (Wildman–Crippen MR) is 91.1 cm³/mol. The Bertz CT molecular complexity index is 656. The van der Waals surface area contributed by atoms with Crippen LogP contribution in [0.4, 0.5) is 0 Å². The number of carboxylic acid groups (broad SMARTS) is 1. The van der Waals surface area contributed by atoms with Gasteiger partial charge in [0.25, 0.3) is 0 Å². The fraction of sp³-hybridized carbons (Fsp3) is 0.588. The van der Waals surface area contributed by atoms with Crippen LogP contribution in [0.3, 0.4) is 0 Å². The van der Waals surface area contributed by atoms with Crippen LogP contribution in [0.2, 0.25) is 0 Å². The molecular weight excluding hydrogens is 330 g/mol. The van der Waals surface area contributed by atoms with Crippen LogP contribution < -0.4 is 4.74 Å². The van der Waals surface area contributed by atoms with Crippen molar-refractivity contribution in [2.75, 3.05) is 20.2 Å². The van der Waals surface area contributed by atoms with Gasteiger partial charge in [-0.25, -0.2) is 8.42 Å². The fourth-order valence-corrected chi connectivity index (χ4v) is 4.86. The van der Waals surface area contributed by atoms with E-state index in [1.807, 2.05) is 4.90 Å². The number of aliphatic carboxylic acids is 1. The summed E-state index contributed by atoms with van der Waals surface area (Å²) in [5.74, 6) is -0.354. The van der Waals surface area contributed by atoms with Crippen molar-refractivity contribution >= 4 is 15.8 Å². The molecule has 24 heavy (non-hydrogen) atoms. The average molecular weight is 355 g/mol. The van der Waals surface area contributed by atoms with Gasteiger partial charge in [-0.15, -0.1) is 0 Å². The van der Waals surface area contributed by atoms with Crippen molar-refractivity contribution in [2.24, 2.45) is 0 Å². The number of carbonyl (C=O) groups is 1. The molecule has 0 radical (unpaired) electrons. The smallest absolute Gasteiger partial charge is 0.320 e. The van der Waals surface area contributed by atoms with Gasteiger partial charge in [0.1, 0.15) is 11.8 Å². The molecule has 0 saturated carbocycles. The van der Waals surface area contributed by atoms with Crippen molar-refractivity contribution in [1.29, 1.82) is 0 Å². The molecule has 1 aliphatic rings. The first-order valence-corrected chi connectivity index (χ1v) is 9.79. The third kappa shape index (κ3) is 4.08. The van der Waals surface area contributed by atoms with E-state index in [-0.39, 0.29) is 11.3 Å². The fourth-order valence-electron chi connectivity index (χ4n) is 3.11. The lowest BCUT2D eigenvalue weighted by Gasteiger charge is -2.36. The third-order valence-electron chi connectivity index (χ3n) is 4.58. The van der Waals surface area contributed by atoms with E-state index in [1.54, 1.807) is 12.1 Å². The van der Waals surface area contributed by atoms with Crippen molar-refractivity contribution < 1.29 is 23.1 Å². The number of unbranched alkanes of at least 4 members (excludes halogenated alkanes) is 1. The highest BCUT2D eigenvalue weighted by atomic mass is 32.2. The molecule has 1 N–H and O–H groups in total. The maximum absolute atomic E-state index is 12.8. The molecule has 0 aromatic heterocycles. The lowest BCUT2D eigenvalue weighted by Crippen LogP contribution is -2.50. The number of likely N-dealkylation sites (tertiary alicyclic amines) is 1. The van der Waals surface area contributed by atoms with Crippen LogP contribution in [0.15, 0.2) is 29.2 Å². The van der Waals surface area contributed by atoms with Gasteiger partial charge in [-0.2, -0.15) is 0 Å². The van der Waals surface area contributed by atoms with Crippen molar-refractivity contribution in [1.82, 2.24) is 4.90 Å². The summed E-state index contributed by atoms with van der Waals surface area (Å²) >= 11 is 0. The highest BCUT2D eigenvalue weighted by molar-refractivity contribution is 7.92. The number of rotatable bonds is 7. The molecular formula is C17H25NO5S. The SMILES string of the molecule is CCCCN1CCC(S(=O)(=O)c2ccc(OC)cc2)CC1C(=O)O. The summed E-state index contributed by atoms with van der Waals surface area (Å²) in [6, 6.07) is 5.53. The number of nitrogens with zero attached hydrogens (tertiary/aromatic N) is 1. The summed E-state index contributed by atoms with van der Waals surface area (Å²) in [5.41, 5.74) is 0. The van der Waals surface area contributed by atoms with Crippen molar-refractivity contribution in [3.63, 3.8) is 0 Å². The van der Waals surface area contributed by atoms with Crippen LogP contribution in [0.25, 0.3) is 0 Å². The second-order valence-electron chi connectivity index (χ2n) is 6.11. The lowest BCUT2D eigenvalue weighted by molar-refractivity contribution is -0.144. The molecule has 0 aliphatic carbocycles. The van der Waals surface area contributed by atoms with E-state index in [1.165, 1.54) is 19.2 Å². The molecule has 0 spiro atoms. The summed E-state index contributed by atoms with van der Waals surface area (Å²) in [6.07, 6.45) is 2.49. The second kappa shape index (κ2) is 7.98. The molecule has 7 heteroatoms. The first kappa shape index (κ1) is 18.7. The van der Waals surface area contributed by atoms with Crippen LogP contribution in [0.5, 0.6) is 5.75 Å². The zero-order valence-electron chi connectivity index (χ0n) is 14.1. The maximum atomic E-state index is 12.8. The van der Waals surface area contributed by atoms with Crippen LogP contribution in [0, 0.1) is 0 Å². The molecule has 1 fully saturated rings. The number of ether oxygens (including phenoxy) is 1. The number of hydrogen-bond donors (Lipinski definition) is 1. The second-order valence-corrected chi connectivity index (χ2v) is 8.34. The van der Waals surface area contributed by atoms with Crippen molar-refractivity contribution in [3.8, 4) is 5.75 Å². The topological polar surface area (TPSA) is 83.9 Å². The summed E-state index contributed by atoms with van der Waals surface area (Å²) in [6.45, 7) is 3.25. The highest BCUT2D eigenvalue weighted by Gasteiger charge is 2.39. The van der Waals surface area contributed by atoms with Gasteiger partial charge in [-0.3, -0.25) is 9.69 Å². The molecule has 6 nitrogen and oxygen atoms in total. The summed E-state index contributed by atoms with van der Waals surface area (Å²) in [7, 11) is -2.02. The molecule has 1 heterocycles. The van der Waals surface area contributed by atoms with E-state index in [0.29, 0.717) is 25.3 Å². The van der Waals surface area contributed by atoms with Gasteiger partial charge in [-0.05, 0) is 50.1 Å². The summed E-state index contributed by atoms with van der Waals surface area (Å²) < 4.78 is 30.7. The molecule has 1 aromatic carbocycles. The van der Waals surface area contributed by atoms with E-state index < -0.39 is 27.1 Å². The van der Waals surface area contributed by atoms with E-state index >= 15 is 0 Å². The van der Waals surface area contributed by atoms with Crippen molar-refractivity contribution in [3.05, 3.63) is 24.3 Å². The Kier molecular flexibility index (Phi) is 6.23. The minimum Gasteiger partial charge on any atom is -0.497 e. The summed E-state index contributed by atoms with van der Waals surface area (Å²) in [4.78, 5) is 13.7. The van der Waals surface area contributed by atoms with Crippen molar-refractivity contribution in [2.45, 2.75) is 48.8 Å². The van der Waals surface area contributed by atoms with Gasteiger partial charge in [0.15, 0.2) is 9.84 Å². The first-order chi connectivity index (χ1) is 11.4. The van der Waals surface area contributed by atoms with E-state index in [2.05, 4.69) is 6.92 Å². The zero-order chi connectivity index (χ0) is 17.7. The van der Waals surface area contributed by atoms with Crippen LogP contribution in [0.1, 0.15) is 32.6 Å². The quantitative estimate of drug-likeness (QED) is 0.807. The van der Waals surface area contributed by atoms with E-state index in [9.17, 15) is 18.3 Å². The molecule has 134 valence electrons. The number of benzene rings is 1. The van der Waals surface area contributed by atoms with Crippen LogP contribution in [-0.4, -0.2) is 55.9 Å². The minimum absolute atomic E-state index is 0.132. The Morgan fingerprint density at radius 1 is 1.33 bits per heavy atom. The van der Waals surface area contributed by atoms with Gasteiger partial charge in [-0.1, -0.05) is 13.3 Å². The standard InChI is InChI=1S/C17H25NO5S/c1-3-4-10-18-11-9-15(12-16(18)17(19)20)24(21,22)14-7-5-13(23-2)6-8-14/h5-8,15-16H,3-4,9-12H2,1-2H3,(H,19,20). The number of sulfone groups is 1. The Balaban J connectivity index is 2.17. The number of carboxylic acids is 1. The Labute approximate surface area is 143 Å². The van der Waals surface area contributed by atoms with Crippen LogP contribution in [-0.2, 0) is 14.6 Å². The third-order valence-corrected chi connectivity index (χ3v) is 6.81. The number of piperidine rings is 1. The van der Waals surface area contributed by atoms with E-state index in [0.717, 1.165) is 12.8 Å². The zero-order valence-corrected chi connectivity index (χ0v) is 15.0. The summed E-state index contributed by atoms with van der Waals surface area (Å²) in [5, 5.41) is 8.82. The maximum Gasteiger partial charge on any atom is 0.320 e. The van der Waals surface area contributed by atoms with Gasteiger partial charge in [0.2, 0.25) is 0 Å². The molecule has 1 saturated heterocycles. The molecule has 0 bridgehead atoms. The van der Waals surface area contributed by atoms with Gasteiger partial charge < -0.3 is 9.84 Å². The largest absolute Gasteiger partial charge is 0.497 e. The molecule has 2 atom stereocenters. The lowest BCUT2D eigenvalue weighted by atomic mass is 10.0. The minimum atomic E-state index is -3.54. The Morgan fingerprint density at radius 3 is 2.54 bits per heavy atom. The Hall–Kier alpha value is -1.60. The van der Waals surface area contributed by atoms with Gasteiger partial charge >= 0.3 is 5.97 Å². The number of methoxy groups -OCH3 is 1. The average Bonchev–Trinajstić information content (AvgIpc) is 2.59. The molecule has 2 rings (SSSR count). The molecule has 1 aliphatic heterocycles. The normalized spacial score (nSPS) is 22.2. The van der Waals surface area contributed by atoms with E-state index in [4.69, 9.17) is 4.74 Å². The predicted octanol–water partition coefficient (Wildman–Crippen LogP) is 2.19. The highest BCUT2D eigenvalue weighted by Crippen LogP contribution is 2.29. The molecule has 0 amide bonds. The first-order valence-electron chi connectivity index (χ1n) is 8.25. The monoisotopic (exact) mass is 355 g/mol. The number of hydrogen-bond acceptors (Lipinski definition) is 5. The molecule has 2 unspecified atom stereocenters. The van der Waals surface area contributed by atoms with Gasteiger partial charge in [0, 0.05) is 6.54 Å². The van der Waals surface area contributed by atoms with Gasteiger partial charge in [0.05, 0.1) is 17.3 Å². The Morgan fingerprint density at radius 2 is 2.00 bits per heavy atom.